The van der Waals surface area contributed by atoms with Crippen LogP contribution in [0.1, 0.15) is 31.1 Å². The van der Waals surface area contributed by atoms with Gasteiger partial charge in [0.15, 0.2) is 5.79 Å². The average molecular weight is 387 g/mol. The van der Waals surface area contributed by atoms with E-state index in [9.17, 15) is 14.7 Å². The molecule has 0 bridgehead atoms. The van der Waals surface area contributed by atoms with Crippen molar-refractivity contribution in [3.05, 3.63) is 68.5 Å². The monoisotopic (exact) mass is 387 g/mol. The van der Waals surface area contributed by atoms with E-state index in [1.165, 1.54) is 10.8 Å². The predicted octanol–water partition coefficient (Wildman–Crippen LogP) is 0.740. The van der Waals surface area contributed by atoms with Gasteiger partial charge >= 0.3 is 5.69 Å². The topological polar surface area (TPSA) is 96.8 Å². The Labute approximate surface area is 162 Å². The number of aliphatic hydroxyl groups excluding tert-OH is 1. The molecule has 8 nitrogen and oxygen atoms in total. The van der Waals surface area contributed by atoms with Crippen LogP contribution < -0.4 is 11.2 Å². The molecule has 2 N–H and O–H groups in total. The summed E-state index contributed by atoms with van der Waals surface area (Å²) >= 11 is 0. The third-order valence-corrected chi connectivity index (χ3v) is 5.45. The lowest BCUT2D eigenvalue weighted by atomic mass is 10.1. The molecule has 4 rings (SSSR count). The number of nitrogens with zero attached hydrogens (tertiary/aromatic N) is 2. The van der Waals surface area contributed by atoms with Crippen LogP contribution in [0.2, 0.25) is 0 Å². The van der Waals surface area contributed by atoms with E-state index in [2.05, 4.69) is 4.98 Å². The number of aliphatic hydroxyl groups is 1. The Balaban J connectivity index is 1.78. The van der Waals surface area contributed by atoms with E-state index < -0.39 is 35.4 Å². The number of hydrogen-bond acceptors (Lipinski definition) is 6. The van der Waals surface area contributed by atoms with Crippen molar-refractivity contribution in [3.8, 4) is 0 Å². The van der Waals surface area contributed by atoms with Crippen LogP contribution in [0.3, 0.4) is 0 Å². The van der Waals surface area contributed by atoms with Gasteiger partial charge in [-0.2, -0.15) is 0 Å². The molecular formula is C20H25N3O5. The highest BCUT2D eigenvalue weighted by molar-refractivity contribution is 5.16. The van der Waals surface area contributed by atoms with Crippen molar-refractivity contribution < 1.29 is 14.6 Å². The summed E-state index contributed by atoms with van der Waals surface area (Å²) in [6, 6.07) is 9.59. The number of fused-ring (bicyclic) bond motifs is 1. The first-order chi connectivity index (χ1) is 13.3. The lowest BCUT2D eigenvalue weighted by Gasteiger charge is -2.40. The minimum Gasteiger partial charge on any atom is -0.387 e. The number of aryl methyl sites for hydroxylation is 1. The average Bonchev–Trinajstić information content (AvgIpc) is 2.89. The maximum absolute atomic E-state index is 12.6. The van der Waals surface area contributed by atoms with Crippen LogP contribution in [0.5, 0.6) is 0 Å². The minimum absolute atomic E-state index is 0.229. The highest BCUT2D eigenvalue weighted by atomic mass is 16.7. The predicted molar refractivity (Wildman–Crippen MR) is 102 cm³/mol. The van der Waals surface area contributed by atoms with E-state index in [0.29, 0.717) is 18.7 Å². The number of likely N-dealkylation sites (tertiary alicyclic amines) is 1. The fourth-order valence-electron chi connectivity index (χ4n) is 4.08. The third-order valence-electron chi connectivity index (χ3n) is 5.45. The zero-order chi connectivity index (χ0) is 20.1. The molecule has 0 spiro atoms. The summed E-state index contributed by atoms with van der Waals surface area (Å²) < 4.78 is 13.2. The molecule has 0 amide bonds. The zero-order valence-corrected chi connectivity index (χ0v) is 16.2. The smallest absolute Gasteiger partial charge is 0.329 e. The van der Waals surface area contributed by atoms with Crippen molar-refractivity contribution in [2.45, 2.75) is 57.5 Å². The van der Waals surface area contributed by atoms with Gasteiger partial charge in [0.2, 0.25) is 0 Å². The van der Waals surface area contributed by atoms with Crippen molar-refractivity contribution >= 4 is 0 Å². The molecule has 150 valence electrons. The SMILES string of the molecule is Cc1cn([C@H]2C(O)C3OC(C)(C)OC[C@H]3N2Cc2ccccc2)c(=O)[nH]c1=O. The van der Waals surface area contributed by atoms with Crippen LogP contribution in [0.25, 0.3) is 0 Å². The van der Waals surface area contributed by atoms with Crippen LogP contribution in [-0.2, 0) is 16.0 Å². The second kappa shape index (κ2) is 6.97. The van der Waals surface area contributed by atoms with E-state index in [-0.39, 0.29) is 6.04 Å². The van der Waals surface area contributed by atoms with Crippen molar-refractivity contribution in [3.63, 3.8) is 0 Å². The molecule has 2 aliphatic rings. The first-order valence-corrected chi connectivity index (χ1v) is 9.38. The van der Waals surface area contributed by atoms with Crippen LogP contribution in [0.15, 0.2) is 46.1 Å². The Morgan fingerprint density at radius 1 is 1.25 bits per heavy atom. The molecule has 1 aromatic heterocycles. The second-order valence-electron chi connectivity index (χ2n) is 7.90. The number of benzene rings is 1. The fourth-order valence-corrected chi connectivity index (χ4v) is 4.08. The quantitative estimate of drug-likeness (QED) is 0.806. The number of H-pyrrole nitrogens is 1. The summed E-state index contributed by atoms with van der Waals surface area (Å²) in [5.74, 6) is -0.818. The van der Waals surface area contributed by atoms with Gasteiger partial charge < -0.3 is 14.6 Å². The van der Waals surface area contributed by atoms with E-state index in [4.69, 9.17) is 9.47 Å². The van der Waals surface area contributed by atoms with Gasteiger partial charge in [0.1, 0.15) is 18.4 Å². The van der Waals surface area contributed by atoms with Gasteiger partial charge in [0, 0.05) is 18.3 Å². The molecule has 2 saturated heterocycles. The maximum Gasteiger partial charge on any atom is 0.329 e. The van der Waals surface area contributed by atoms with E-state index in [1.54, 1.807) is 20.8 Å². The Morgan fingerprint density at radius 2 is 1.96 bits per heavy atom. The first-order valence-electron chi connectivity index (χ1n) is 9.38. The Morgan fingerprint density at radius 3 is 2.68 bits per heavy atom. The Kier molecular flexibility index (Phi) is 4.75. The number of nitrogens with one attached hydrogen (secondary N) is 1. The van der Waals surface area contributed by atoms with Crippen molar-refractivity contribution in [2.75, 3.05) is 6.61 Å². The number of aromatic nitrogens is 2. The lowest BCUT2D eigenvalue weighted by Crippen LogP contribution is -2.52. The van der Waals surface area contributed by atoms with Gasteiger partial charge in [-0.3, -0.25) is 19.2 Å². The van der Waals surface area contributed by atoms with E-state index in [0.717, 1.165) is 5.56 Å². The van der Waals surface area contributed by atoms with E-state index in [1.807, 2.05) is 35.2 Å². The number of aromatic amines is 1. The lowest BCUT2D eigenvalue weighted by molar-refractivity contribution is -0.292. The van der Waals surface area contributed by atoms with Gasteiger partial charge in [-0.05, 0) is 26.3 Å². The molecule has 2 aromatic rings. The number of hydrogen-bond donors (Lipinski definition) is 2. The molecule has 28 heavy (non-hydrogen) atoms. The molecule has 1 aromatic carbocycles. The van der Waals surface area contributed by atoms with Gasteiger partial charge in [-0.25, -0.2) is 4.79 Å². The van der Waals surface area contributed by atoms with Crippen molar-refractivity contribution in [2.24, 2.45) is 0 Å². The second-order valence-corrected chi connectivity index (χ2v) is 7.90. The molecule has 0 radical (unpaired) electrons. The summed E-state index contributed by atoms with van der Waals surface area (Å²) in [5.41, 5.74) is 0.455. The first kappa shape index (κ1) is 19.1. The zero-order valence-electron chi connectivity index (χ0n) is 16.2. The molecule has 2 fully saturated rings. The molecule has 2 unspecified atom stereocenters. The Hall–Kier alpha value is -2.26. The van der Waals surface area contributed by atoms with Crippen molar-refractivity contribution in [1.82, 2.24) is 14.5 Å². The van der Waals surface area contributed by atoms with Gasteiger partial charge in [0.05, 0.1) is 12.6 Å². The van der Waals surface area contributed by atoms with Gasteiger partial charge in [-0.15, -0.1) is 0 Å². The van der Waals surface area contributed by atoms with Gasteiger partial charge in [0.25, 0.3) is 5.56 Å². The molecule has 0 saturated carbocycles. The summed E-state index contributed by atoms with van der Waals surface area (Å²) in [6.45, 7) is 6.12. The normalized spacial score (nSPS) is 29.6. The standard InChI is InChI=1S/C20H25N3O5/c1-12-9-23(19(26)21-17(12)25)18-15(24)16-14(11-27-20(2,3)28-16)22(18)10-13-7-5-4-6-8-13/h4-9,14-16,18,24H,10-11H2,1-3H3,(H,21,25,26)/t14-,15?,16?,18+/m1/s1. The Bertz CT molecular complexity index is 968. The largest absolute Gasteiger partial charge is 0.387 e. The van der Waals surface area contributed by atoms with Crippen LogP contribution in [-0.4, -0.2) is 50.2 Å². The minimum atomic E-state index is -0.958. The molecular weight excluding hydrogens is 362 g/mol. The summed E-state index contributed by atoms with van der Waals surface area (Å²) in [7, 11) is 0. The van der Waals surface area contributed by atoms with Gasteiger partial charge in [-0.1, -0.05) is 30.3 Å². The fraction of sp³-hybridized carbons (Fsp3) is 0.500. The van der Waals surface area contributed by atoms with Crippen molar-refractivity contribution in [1.29, 1.82) is 0 Å². The summed E-state index contributed by atoms with van der Waals surface area (Å²) in [4.78, 5) is 28.7. The number of ether oxygens (including phenoxy) is 2. The van der Waals surface area contributed by atoms with Crippen LogP contribution >= 0.6 is 0 Å². The molecule has 8 heteroatoms. The van der Waals surface area contributed by atoms with Crippen LogP contribution in [0, 0.1) is 6.92 Å². The maximum atomic E-state index is 12.6. The van der Waals surface area contributed by atoms with Crippen LogP contribution in [0.4, 0.5) is 0 Å². The molecule has 0 aliphatic carbocycles. The highest BCUT2D eigenvalue weighted by Crippen LogP contribution is 2.40. The highest BCUT2D eigenvalue weighted by Gasteiger charge is 2.54. The van der Waals surface area contributed by atoms with E-state index >= 15 is 0 Å². The summed E-state index contributed by atoms with van der Waals surface area (Å²) in [6.07, 6.45) is -0.664. The molecule has 3 heterocycles. The number of rotatable bonds is 3. The third kappa shape index (κ3) is 3.33. The molecule has 4 atom stereocenters. The summed E-state index contributed by atoms with van der Waals surface area (Å²) in [5, 5.41) is 11.1. The molecule has 2 aliphatic heterocycles.